The van der Waals surface area contributed by atoms with Crippen LogP contribution in [0.5, 0.6) is 5.75 Å². The lowest BCUT2D eigenvalue weighted by Crippen LogP contribution is -2.05. The average Bonchev–Trinajstić information content (AvgIpc) is 3.52. The van der Waals surface area contributed by atoms with E-state index in [0.29, 0.717) is 28.3 Å². The molecule has 0 saturated carbocycles. The lowest BCUT2D eigenvalue weighted by Gasteiger charge is -2.15. The van der Waals surface area contributed by atoms with Gasteiger partial charge in [0.25, 0.3) is 0 Å². The number of aromatic nitrogens is 2. The second-order valence-electron chi connectivity index (χ2n) is 9.24. The molecule has 9 heteroatoms. The van der Waals surface area contributed by atoms with E-state index in [0.717, 1.165) is 45.6 Å². The zero-order valence-corrected chi connectivity index (χ0v) is 21.8. The zero-order valence-electron chi connectivity index (χ0n) is 21.0. The summed E-state index contributed by atoms with van der Waals surface area (Å²) in [5.41, 5.74) is 3.38. The minimum atomic E-state index is -4.40. The summed E-state index contributed by atoms with van der Waals surface area (Å²) >= 11 is 1.40. The molecule has 0 aliphatic rings. The molecule has 3 aromatic carbocycles. The van der Waals surface area contributed by atoms with Crippen LogP contribution in [0.15, 0.2) is 79.0 Å². The smallest absolute Gasteiger partial charge is 0.416 e. The molecule has 0 saturated heterocycles. The Balaban J connectivity index is 1.44. The van der Waals surface area contributed by atoms with Gasteiger partial charge in [-0.15, -0.1) is 11.3 Å². The average molecular weight is 551 g/mol. The van der Waals surface area contributed by atoms with Crippen LogP contribution in [0, 0.1) is 0 Å². The van der Waals surface area contributed by atoms with E-state index in [-0.39, 0.29) is 6.42 Å². The molecule has 0 spiro atoms. The fraction of sp³-hybridized carbons (Fsp3) is 0.200. The molecule has 0 aliphatic carbocycles. The molecule has 5 rings (SSSR count). The maximum absolute atomic E-state index is 13.1. The minimum Gasteiger partial charge on any atom is -0.485 e. The Labute approximate surface area is 226 Å². The fourth-order valence-corrected chi connectivity index (χ4v) is 5.59. The van der Waals surface area contributed by atoms with E-state index >= 15 is 0 Å². The van der Waals surface area contributed by atoms with Gasteiger partial charge in [-0.3, -0.25) is 4.79 Å². The van der Waals surface area contributed by atoms with Gasteiger partial charge >= 0.3 is 12.1 Å². The van der Waals surface area contributed by atoms with Crippen molar-refractivity contribution < 1.29 is 27.8 Å². The third-order valence-corrected chi connectivity index (χ3v) is 7.75. The Hall–Kier alpha value is -4.11. The highest BCUT2D eigenvalue weighted by Gasteiger charge is 2.30. The number of ether oxygens (including phenoxy) is 1. The van der Waals surface area contributed by atoms with Crippen molar-refractivity contribution >= 4 is 28.2 Å². The van der Waals surface area contributed by atoms with Crippen molar-refractivity contribution in [1.29, 1.82) is 0 Å². The van der Waals surface area contributed by atoms with Crippen molar-refractivity contribution in [2.24, 2.45) is 0 Å². The predicted molar refractivity (Wildman–Crippen MR) is 145 cm³/mol. The molecule has 5 nitrogen and oxygen atoms in total. The van der Waals surface area contributed by atoms with Gasteiger partial charge in [0.2, 0.25) is 0 Å². The summed E-state index contributed by atoms with van der Waals surface area (Å²) in [6, 6.07) is 20.5. The highest BCUT2D eigenvalue weighted by Crippen LogP contribution is 2.37. The summed E-state index contributed by atoms with van der Waals surface area (Å²) in [4.78, 5) is 20.0. The van der Waals surface area contributed by atoms with Crippen LogP contribution in [0.3, 0.4) is 0 Å². The lowest BCUT2D eigenvalue weighted by molar-refractivity contribution is -0.138. The van der Waals surface area contributed by atoms with Crippen LogP contribution < -0.4 is 4.74 Å². The number of carboxylic acid groups (broad SMARTS) is 1. The quantitative estimate of drug-likeness (QED) is 0.196. The highest BCUT2D eigenvalue weighted by atomic mass is 32.1. The van der Waals surface area contributed by atoms with Crippen molar-refractivity contribution in [3.63, 3.8) is 0 Å². The van der Waals surface area contributed by atoms with Gasteiger partial charge in [0.1, 0.15) is 16.9 Å². The Morgan fingerprint density at radius 3 is 2.49 bits per heavy atom. The van der Waals surface area contributed by atoms with Crippen molar-refractivity contribution in [3.8, 4) is 16.3 Å². The molecule has 1 unspecified atom stereocenters. The van der Waals surface area contributed by atoms with Gasteiger partial charge in [-0.25, -0.2) is 4.98 Å². The van der Waals surface area contributed by atoms with E-state index in [1.165, 1.54) is 23.5 Å². The normalized spacial score (nSPS) is 12.5. The van der Waals surface area contributed by atoms with E-state index in [2.05, 4.69) is 4.98 Å². The number of aromatic amines is 1. The van der Waals surface area contributed by atoms with Crippen LogP contribution in [0.25, 0.3) is 21.5 Å². The van der Waals surface area contributed by atoms with Gasteiger partial charge < -0.3 is 14.8 Å². The number of benzene rings is 3. The molecule has 1 atom stereocenters. The van der Waals surface area contributed by atoms with Gasteiger partial charge in [0, 0.05) is 22.7 Å². The van der Waals surface area contributed by atoms with Crippen LogP contribution in [0.4, 0.5) is 13.2 Å². The number of carboxylic acids is 1. The SMILES string of the molecule is CC(Oc1ccc2[nH]cc(CC(=O)O)c2c1)c1sc(-c2ccc(C(F)(F)F)cc2)nc1CCc1ccccc1. The van der Waals surface area contributed by atoms with Gasteiger partial charge in [-0.05, 0) is 61.2 Å². The van der Waals surface area contributed by atoms with Crippen molar-refractivity contribution in [2.45, 2.75) is 38.5 Å². The number of alkyl halides is 3. The van der Waals surface area contributed by atoms with Crippen molar-refractivity contribution in [2.75, 3.05) is 0 Å². The highest BCUT2D eigenvalue weighted by molar-refractivity contribution is 7.15. The van der Waals surface area contributed by atoms with E-state index in [4.69, 9.17) is 9.72 Å². The number of hydrogen-bond acceptors (Lipinski definition) is 4. The Morgan fingerprint density at radius 2 is 1.79 bits per heavy atom. The Kier molecular flexibility index (Phi) is 7.43. The molecule has 2 aromatic heterocycles. The van der Waals surface area contributed by atoms with Gasteiger partial charge in [0.15, 0.2) is 0 Å². The largest absolute Gasteiger partial charge is 0.485 e. The maximum atomic E-state index is 13.1. The second kappa shape index (κ2) is 10.9. The molecule has 0 radical (unpaired) electrons. The van der Waals surface area contributed by atoms with Crippen molar-refractivity contribution in [3.05, 3.63) is 106 Å². The number of rotatable bonds is 9. The number of aliphatic carboxylic acids is 1. The Bertz CT molecular complexity index is 1590. The van der Waals surface area contributed by atoms with E-state index < -0.39 is 23.8 Å². The predicted octanol–water partition coefficient (Wildman–Crippen LogP) is 7.86. The van der Waals surface area contributed by atoms with E-state index in [9.17, 15) is 23.1 Å². The second-order valence-corrected chi connectivity index (χ2v) is 10.3. The summed E-state index contributed by atoms with van der Waals surface area (Å²) in [5.74, 6) is -0.334. The van der Waals surface area contributed by atoms with Crippen molar-refractivity contribution in [1.82, 2.24) is 9.97 Å². The van der Waals surface area contributed by atoms with Gasteiger partial charge in [0.05, 0.1) is 22.6 Å². The van der Waals surface area contributed by atoms with Crippen LogP contribution >= 0.6 is 11.3 Å². The summed E-state index contributed by atoms with van der Waals surface area (Å²) in [6.45, 7) is 1.91. The third-order valence-electron chi connectivity index (χ3n) is 6.44. The number of hydrogen-bond donors (Lipinski definition) is 2. The number of thiazole rings is 1. The first-order valence-electron chi connectivity index (χ1n) is 12.4. The molecule has 2 N–H and O–H groups in total. The summed E-state index contributed by atoms with van der Waals surface area (Å²) < 4.78 is 45.5. The first-order chi connectivity index (χ1) is 18.7. The molecule has 0 aliphatic heterocycles. The molecule has 0 fully saturated rings. The summed E-state index contributed by atoms with van der Waals surface area (Å²) in [7, 11) is 0. The molecule has 2 heterocycles. The minimum absolute atomic E-state index is 0.103. The number of halogens is 3. The monoisotopic (exact) mass is 550 g/mol. The van der Waals surface area contributed by atoms with Crippen LogP contribution in [-0.2, 0) is 30.2 Å². The number of nitrogens with zero attached hydrogens (tertiary/aromatic N) is 1. The van der Waals surface area contributed by atoms with Gasteiger partial charge in [-0.1, -0.05) is 42.5 Å². The molecule has 5 aromatic rings. The third kappa shape index (κ3) is 6.15. The van der Waals surface area contributed by atoms with Crippen LogP contribution in [-0.4, -0.2) is 21.0 Å². The number of fused-ring (bicyclic) bond motifs is 1. The molecule has 39 heavy (non-hydrogen) atoms. The zero-order chi connectivity index (χ0) is 27.6. The molecule has 0 amide bonds. The molecular formula is C30H25F3N2O3S. The first kappa shape index (κ1) is 26.5. The van der Waals surface area contributed by atoms with Crippen LogP contribution in [0.1, 0.15) is 40.3 Å². The first-order valence-corrected chi connectivity index (χ1v) is 13.2. The molecule has 200 valence electrons. The summed E-state index contributed by atoms with van der Waals surface area (Å²) in [5, 5.41) is 10.6. The lowest BCUT2D eigenvalue weighted by atomic mass is 10.1. The van der Waals surface area contributed by atoms with Gasteiger partial charge in [-0.2, -0.15) is 13.2 Å². The topological polar surface area (TPSA) is 75.2 Å². The maximum Gasteiger partial charge on any atom is 0.416 e. The van der Waals surface area contributed by atoms with Crippen LogP contribution in [0.2, 0.25) is 0 Å². The molecule has 0 bridgehead atoms. The Morgan fingerprint density at radius 1 is 1.05 bits per heavy atom. The van der Waals surface area contributed by atoms with E-state index in [1.54, 1.807) is 6.20 Å². The fourth-order valence-electron chi connectivity index (χ4n) is 4.49. The number of H-pyrrole nitrogens is 1. The number of nitrogens with one attached hydrogen (secondary N) is 1. The molecular weight excluding hydrogens is 525 g/mol. The standard InChI is InChI=1S/C30H25F3N2O3S/c1-18(38-23-12-14-25-24(16-23)21(17-34-25)15-27(36)37)28-26(13-7-19-5-3-2-4-6-19)35-29(39-28)20-8-10-22(11-9-20)30(31,32)33/h2-6,8-12,14,16-18,34H,7,13,15H2,1H3,(H,36,37). The number of carbonyl (C=O) groups is 1. The van der Waals surface area contributed by atoms with E-state index in [1.807, 2.05) is 55.5 Å². The summed E-state index contributed by atoms with van der Waals surface area (Å²) in [6.07, 6.45) is -1.81. The number of aryl methyl sites for hydroxylation is 2.